The second kappa shape index (κ2) is 9.34. The number of Topliss-reactive ketones (excluding diaryl/α,β-unsaturated/α-hetero) is 1. The molecule has 0 saturated carbocycles. The Hall–Kier alpha value is -3.81. The van der Waals surface area contributed by atoms with E-state index in [9.17, 15) is 19.5 Å². The summed E-state index contributed by atoms with van der Waals surface area (Å²) in [5.74, 6) is -1.13. The minimum atomic E-state index is -0.853. The van der Waals surface area contributed by atoms with Gasteiger partial charge in [0.05, 0.1) is 25.8 Å². The van der Waals surface area contributed by atoms with E-state index in [4.69, 9.17) is 9.47 Å². The van der Waals surface area contributed by atoms with E-state index in [0.717, 1.165) is 0 Å². The van der Waals surface area contributed by atoms with Crippen molar-refractivity contribution in [3.8, 4) is 11.5 Å². The highest BCUT2D eigenvalue weighted by atomic mass is 16.5. The van der Waals surface area contributed by atoms with Gasteiger partial charge in [0.25, 0.3) is 11.7 Å². The number of nitrogens with zero attached hydrogens (tertiary/aromatic N) is 1. The number of carbonyl (C=O) groups excluding carboxylic acids is 3. The molecule has 0 aliphatic carbocycles. The predicted molar refractivity (Wildman–Crippen MR) is 114 cm³/mol. The number of ketones is 1. The second-order valence-corrected chi connectivity index (χ2v) is 6.96. The summed E-state index contributed by atoms with van der Waals surface area (Å²) in [6.07, 6.45) is 0. The van der Waals surface area contributed by atoms with E-state index in [0.29, 0.717) is 22.6 Å². The number of aliphatic hydroxyl groups excluding tert-OH is 1. The molecule has 2 N–H and O–H groups in total. The van der Waals surface area contributed by atoms with Crippen LogP contribution in [0.5, 0.6) is 11.5 Å². The van der Waals surface area contributed by atoms with Crippen molar-refractivity contribution in [2.75, 3.05) is 27.3 Å². The highest BCUT2D eigenvalue weighted by molar-refractivity contribution is 6.46. The van der Waals surface area contributed by atoms with Gasteiger partial charge < -0.3 is 24.8 Å². The number of methoxy groups -OCH3 is 2. The maximum absolute atomic E-state index is 12.9. The highest BCUT2D eigenvalue weighted by Crippen LogP contribution is 2.41. The molecule has 1 atom stereocenters. The van der Waals surface area contributed by atoms with Crippen molar-refractivity contribution in [3.05, 3.63) is 65.2 Å². The van der Waals surface area contributed by atoms with Crippen LogP contribution in [0.2, 0.25) is 0 Å². The van der Waals surface area contributed by atoms with Gasteiger partial charge in [0.1, 0.15) is 5.76 Å². The van der Waals surface area contributed by atoms with Crippen LogP contribution in [0.25, 0.3) is 5.76 Å². The molecule has 1 saturated heterocycles. The first kappa shape index (κ1) is 21.9. The van der Waals surface area contributed by atoms with Gasteiger partial charge in [0.15, 0.2) is 11.5 Å². The van der Waals surface area contributed by atoms with Gasteiger partial charge in [-0.2, -0.15) is 0 Å². The van der Waals surface area contributed by atoms with Gasteiger partial charge in [0.2, 0.25) is 5.91 Å². The number of likely N-dealkylation sites (tertiary alicyclic amines) is 1. The third-order valence-corrected chi connectivity index (χ3v) is 5.04. The molecule has 31 heavy (non-hydrogen) atoms. The van der Waals surface area contributed by atoms with Crippen molar-refractivity contribution in [2.24, 2.45) is 0 Å². The fraction of sp³-hybridized carbons (Fsp3) is 0.261. The van der Waals surface area contributed by atoms with Crippen molar-refractivity contribution in [3.63, 3.8) is 0 Å². The van der Waals surface area contributed by atoms with Crippen LogP contribution in [0.3, 0.4) is 0 Å². The Morgan fingerprint density at radius 1 is 1.06 bits per heavy atom. The number of hydrogen-bond donors (Lipinski definition) is 2. The lowest BCUT2D eigenvalue weighted by atomic mass is 9.95. The molecule has 1 unspecified atom stereocenters. The zero-order valence-corrected chi connectivity index (χ0v) is 17.5. The highest BCUT2D eigenvalue weighted by Gasteiger charge is 2.46. The first-order chi connectivity index (χ1) is 14.9. The van der Waals surface area contributed by atoms with E-state index in [1.165, 1.54) is 26.0 Å². The van der Waals surface area contributed by atoms with E-state index in [-0.39, 0.29) is 30.3 Å². The molecule has 8 heteroatoms. The van der Waals surface area contributed by atoms with Crippen LogP contribution in [0.15, 0.2) is 54.1 Å². The molecule has 0 bridgehead atoms. The normalized spacial score (nSPS) is 17.5. The van der Waals surface area contributed by atoms with Gasteiger partial charge in [-0.05, 0) is 17.7 Å². The minimum absolute atomic E-state index is 0.0220. The summed E-state index contributed by atoms with van der Waals surface area (Å²) < 4.78 is 10.6. The van der Waals surface area contributed by atoms with E-state index in [2.05, 4.69) is 5.32 Å². The van der Waals surface area contributed by atoms with Crippen LogP contribution < -0.4 is 14.8 Å². The summed E-state index contributed by atoms with van der Waals surface area (Å²) in [5, 5.41) is 13.6. The maximum atomic E-state index is 12.9. The van der Waals surface area contributed by atoms with E-state index in [1.54, 1.807) is 48.5 Å². The number of rotatable bonds is 7. The minimum Gasteiger partial charge on any atom is -0.507 e. The van der Waals surface area contributed by atoms with Crippen LogP contribution >= 0.6 is 0 Å². The number of nitrogens with one attached hydrogen (secondary N) is 1. The van der Waals surface area contributed by atoms with Crippen molar-refractivity contribution >= 4 is 23.4 Å². The number of hydrogen-bond acceptors (Lipinski definition) is 6. The molecule has 0 spiro atoms. The Morgan fingerprint density at radius 2 is 1.74 bits per heavy atom. The molecule has 1 aliphatic heterocycles. The molecule has 162 valence electrons. The molecule has 0 aromatic heterocycles. The zero-order valence-electron chi connectivity index (χ0n) is 17.5. The summed E-state index contributed by atoms with van der Waals surface area (Å²) >= 11 is 0. The van der Waals surface area contributed by atoms with Gasteiger partial charge >= 0.3 is 0 Å². The SMILES string of the molecule is COc1ccc(C2/C(=C(/O)c3ccccc3)C(=O)C(=O)N2CCNC(C)=O)cc1OC. The molecular weight excluding hydrogens is 400 g/mol. The average molecular weight is 424 g/mol. The topological polar surface area (TPSA) is 105 Å². The van der Waals surface area contributed by atoms with Crippen LogP contribution in [0.4, 0.5) is 0 Å². The fourth-order valence-corrected chi connectivity index (χ4v) is 3.58. The van der Waals surface area contributed by atoms with E-state index < -0.39 is 17.7 Å². The second-order valence-electron chi connectivity index (χ2n) is 6.96. The summed E-state index contributed by atoms with van der Waals surface area (Å²) in [6, 6.07) is 12.8. The van der Waals surface area contributed by atoms with Gasteiger partial charge in [0, 0.05) is 25.6 Å². The Morgan fingerprint density at radius 3 is 2.35 bits per heavy atom. The third-order valence-electron chi connectivity index (χ3n) is 5.04. The standard InChI is InChI=1S/C23H24N2O6/c1-14(26)24-11-12-25-20(16-9-10-17(30-2)18(13-16)31-3)19(22(28)23(25)29)21(27)15-7-5-4-6-8-15/h4-10,13,20,27H,11-12H2,1-3H3,(H,24,26)/b21-19-. The smallest absolute Gasteiger partial charge is 0.295 e. The van der Waals surface area contributed by atoms with Crippen molar-refractivity contribution in [2.45, 2.75) is 13.0 Å². The molecule has 2 amide bonds. The Labute approximate surface area is 180 Å². The number of ether oxygens (including phenoxy) is 2. The Bertz CT molecular complexity index is 1030. The van der Waals surface area contributed by atoms with E-state index in [1.807, 2.05) is 0 Å². The van der Waals surface area contributed by atoms with Gasteiger partial charge in [-0.3, -0.25) is 14.4 Å². The lowest BCUT2D eigenvalue weighted by molar-refractivity contribution is -0.140. The Kier molecular flexibility index (Phi) is 6.59. The van der Waals surface area contributed by atoms with Crippen LogP contribution in [0, 0.1) is 0 Å². The van der Waals surface area contributed by atoms with Crippen molar-refractivity contribution in [1.82, 2.24) is 10.2 Å². The molecule has 1 fully saturated rings. The summed E-state index contributed by atoms with van der Waals surface area (Å²) in [5.41, 5.74) is 0.969. The van der Waals surface area contributed by atoms with Crippen LogP contribution in [-0.2, 0) is 14.4 Å². The summed E-state index contributed by atoms with van der Waals surface area (Å²) in [6.45, 7) is 1.63. The van der Waals surface area contributed by atoms with E-state index >= 15 is 0 Å². The molecular formula is C23H24N2O6. The van der Waals surface area contributed by atoms with Crippen molar-refractivity contribution < 1.29 is 29.0 Å². The molecule has 2 aromatic carbocycles. The van der Waals surface area contributed by atoms with Crippen LogP contribution in [-0.4, -0.2) is 54.9 Å². The number of amides is 2. The Balaban J connectivity index is 2.14. The quantitative estimate of drug-likeness (QED) is 0.401. The molecule has 1 heterocycles. The molecule has 8 nitrogen and oxygen atoms in total. The summed E-state index contributed by atoms with van der Waals surface area (Å²) in [4.78, 5) is 38.4. The lowest BCUT2D eigenvalue weighted by Crippen LogP contribution is -2.37. The van der Waals surface area contributed by atoms with Crippen LogP contribution in [0.1, 0.15) is 24.1 Å². The molecule has 2 aromatic rings. The number of carbonyl (C=O) groups is 3. The maximum Gasteiger partial charge on any atom is 0.295 e. The molecule has 0 radical (unpaired) electrons. The average Bonchev–Trinajstić information content (AvgIpc) is 3.03. The lowest BCUT2D eigenvalue weighted by Gasteiger charge is -2.26. The van der Waals surface area contributed by atoms with Gasteiger partial charge in [-0.25, -0.2) is 0 Å². The fourth-order valence-electron chi connectivity index (χ4n) is 3.58. The first-order valence-corrected chi connectivity index (χ1v) is 9.69. The third kappa shape index (κ3) is 4.37. The first-order valence-electron chi connectivity index (χ1n) is 9.69. The molecule has 1 aliphatic rings. The predicted octanol–water partition coefficient (Wildman–Crippen LogP) is 2.26. The largest absolute Gasteiger partial charge is 0.507 e. The number of benzene rings is 2. The van der Waals surface area contributed by atoms with Crippen molar-refractivity contribution in [1.29, 1.82) is 0 Å². The monoisotopic (exact) mass is 424 g/mol. The van der Waals surface area contributed by atoms with Gasteiger partial charge in [-0.1, -0.05) is 36.4 Å². The number of aliphatic hydroxyl groups is 1. The molecule has 3 rings (SSSR count). The summed E-state index contributed by atoms with van der Waals surface area (Å²) in [7, 11) is 2.99. The zero-order chi connectivity index (χ0) is 22.5. The van der Waals surface area contributed by atoms with Gasteiger partial charge in [-0.15, -0.1) is 0 Å².